The van der Waals surface area contributed by atoms with Gasteiger partial charge >= 0.3 is 0 Å². The number of hydrogen-bond donors (Lipinski definition) is 1. The van der Waals surface area contributed by atoms with Gasteiger partial charge in [-0.2, -0.15) is 0 Å². The van der Waals surface area contributed by atoms with Crippen LogP contribution in [0.3, 0.4) is 0 Å². The zero-order chi connectivity index (χ0) is 13.2. The molecule has 19 heavy (non-hydrogen) atoms. The highest BCUT2D eigenvalue weighted by molar-refractivity contribution is 8.00. The molecular weight excluding hydrogens is 262 g/mol. The van der Waals surface area contributed by atoms with Crippen molar-refractivity contribution in [3.05, 3.63) is 0 Å². The van der Waals surface area contributed by atoms with Crippen LogP contribution in [0.5, 0.6) is 0 Å². The van der Waals surface area contributed by atoms with Gasteiger partial charge in [-0.15, -0.1) is 5.10 Å². The van der Waals surface area contributed by atoms with Gasteiger partial charge in [-0.05, 0) is 43.0 Å². The van der Waals surface area contributed by atoms with Crippen LogP contribution in [-0.4, -0.2) is 37.4 Å². The van der Waals surface area contributed by atoms with Crippen LogP contribution >= 0.6 is 11.8 Å². The molecule has 2 aliphatic rings. The molecule has 1 unspecified atom stereocenters. The molecule has 3 rings (SSSR count). The summed E-state index contributed by atoms with van der Waals surface area (Å²) in [5.74, 6) is 0.0912. The van der Waals surface area contributed by atoms with Crippen LogP contribution in [0.4, 0.5) is 0 Å². The Morgan fingerprint density at radius 3 is 2.79 bits per heavy atom. The molecule has 1 aromatic rings. The number of amides is 1. The Kier molecular flexibility index (Phi) is 3.72. The first kappa shape index (κ1) is 12.9. The monoisotopic (exact) mass is 281 g/mol. The highest BCUT2D eigenvalue weighted by Crippen LogP contribution is 2.32. The fraction of sp³-hybridized carbons (Fsp3) is 0.833. The number of tetrazole rings is 1. The molecule has 1 N–H and O–H groups in total. The van der Waals surface area contributed by atoms with Gasteiger partial charge < -0.3 is 5.32 Å². The molecule has 0 bridgehead atoms. The van der Waals surface area contributed by atoms with Crippen LogP contribution in [0, 0.1) is 0 Å². The van der Waals surface area contributed by atoms with Gasteiger partial charge in [-0.25, -0.2) is 4.68 Å². The number of carbonyl (C=O) groups excluding carboxylic acids is 1. The minimum absolute atomic E-state index is 0.0912. The number of hydrogen-bond acceptors (Lipinski definition) is 5. The summed E-state index contributed by atoms with van der Waals surface area (Å²) in [5, 5.41) is 15.6. The fourth-order valence-corrected chi connectivity index (χ4v) is 3.27. The lowest BCUT2D eigenvalue weighted by molar-refractivity contribution is -0.120. The molecule has 7 heteroatoms. The highest BCUT2D eigenvalue weighted by Gasteiger charge is 2.28. The predicted octanol–water partition coefficient (Wildman–Crippen LogP) is 1.55. The molecule has 0 aromatic carbocycles. The van der Waals surface area contributed by atoms with Crippen molar-refractivity contribution in [2.45, 2.75) is 67.9 Å². The van der Waals surface area contributed by atoms with Gasteiger partial charge in [-0.1, -0.05) is 24.6 Å². The average molecular weight is 281 g/mol. The summed E-state index contributed by atoms with van der Waals surface area (Å²) in [5.41, 5.74) is 0. The van der Waals surface area contributed by atoms with Gasteiger partial charge in [-0.3, -0.25) is 4.79 Å². The molecule has 2 saturated carbocycles. The van der Waals surface area contributed by atoms with E-state index in [0.29, 0.717) is 12.1 Å². The lowest BCUT2D eigenvalue weighted by Gasteiger charge is -2.14. The van der Waals surface area contributed by atoms with E-state index in [1.54, 1.807) is 0 Å². The maximum Gasteiger partial charge on any atom is 0.233 e. The number of nitrogens with one attached hydrogen (secondary N) is 1. The van der Waals surface area contributed by atoms with Gasteiger partial charge in [0, 0.05) is 6.04 Å². The first-order chi connectivity index (χ1) is 9.24. The summed E-state index contributed by atoms with van der Waals surface area (Å²) in [6.45, 7) is 1.91. The number of nitrogens with zero attached hydrogens (tertiary/aromatic N) is 4. The summed E-state index contributed by atoms with van der Waals surface area (Å²) in [6, 6.07) is 0.817. The number of aromatic nitrogens is 4. The van der Waals surface area contributed by atoms with E-state index in [0.717, 1.165) is 30.8 Å². The maximum absolute atomic E-state index is 11.9. The van der Waals surface area contributed by atoms with Crippen LogP contribution in [0.2, 0.25) is 0 Å². The van der Waals surface area contributed by atoms with Gasteiger partial charge in [0.1, 0.15) is 0 Å². The Balaban J connectivity index is 1.62. The van der Waals surface area contributed by atoms with Crippen LogP contribution in [0.1, 0.15) is 51.5 Å². The third-order valence-electron chi connectivity index (χ3n) is 3.71. The third-order valence-corrected chi connectivity index (χ3v) is 4.76. The summed E-state index contributed by atoms with van der Waals surface area (Å²) < 4.78 is 1.90. The van der Waals surface area contributed by atoms with Crippen molar-refractivity contribution < 1.29 is 4.79 Å². The minimum atomic E-state index is -0.147. The Morgan fingerprint density at radius 2 is 2.11 bits per heavy atom. The van der Waals surface area contributed by atoms with Gasteiger partial charge in [0.25, 0.3) is 0 Å². The summed E-state index contributed by atoms with van der Waals surface area (Å²) in [7, 11) is 0. The summed E-state index contributed by atoms with van der Waals surface area (Å²) >= 11 is 1.46. The molecule has 104 valence electrons. The minimum Gasteiger partial charge on any atom is -0.352 e. The Bertz CT molecular complexity index is 453. The average Bonchev–Trinajstić information content (AvgIpc) is 2.90. The second-order valence-electron chi connectivity index (χ2n) is 5.39. The topological polar surface area (TPSA) is 72.7 Å². The van der Waals surface area contributed by atoms with Crippen molar-refractivity contribution in [2.75, 3.05) is 0 Å². The zero-order valence-electron chi connectivity index (χ0n) is 11.1. The van der Waals surface area contributed by atoms with Gasteiger partial charge in [0.15, 0.2) is 0 Å². The lowest BCUT2D eigenvalue weighted by atomic mass is 10.3. The fourth-order valence-electron chi connectivity index (χ4n) is 2.40. The number of rotatable bonds is 5. The van der Waals surface area contributed by atoms with E-state index < -0.39 is 0 Å². The van der Waals surface area contributed by atoms with Crippen molar-refractivity contribution in [2.24, 2.45) is 0 Å². The largest absolute Gasteiger partial charge is 0.352 e. The number of carbonyl (C=O) groups is 1. The molecule has 1 amide bonds. The molecule has 1 heterocycles. The maximum atomic E-state index is 11.9. The van der Waals surface area contributed by atoms with Gasteiger partial charge in [0.2, 0.25) is 11.1 Å². The van der Waals surface area contributed by atoms with Crippen molar-refractivity contribution in [1.82, 2.24) is 25.5 Å². The van der Waals surface area contributed by atoms with Crippen LogP contribution < -0.4 is 5.32 Å². The molecule has 0 saturated heterocycles. The predicted molar refractivity (Wildman–Crippen MR) is 71.8 cm³/mol. The van der Waals surface area contributed by atoms with Crippen molar-refractivity contribution in [3.8, 4) is 0 Å². The normalized spacial score (nSPS) is 21.5. The van der Waals surface area contributed by atoms with Crippen molar-refractivity contribution in [3.63, 3.8) is 0 Å². The zero-order valence-corrected chi connectivity index (χ0v) is 11.9. The molecule has 0 spiro atoms. The Labute approximate surface area is 116 Å². The van der Waals surface area contributed by atoms with Gasteiger partial charge in [0.05, 0.1) is 11.3 Å². The molecule has 6 nitrogen and oxygen atoms in total. The number of thioether (sulfide) groups is 1. The highest BCUT2D eigenvalue weighted by atomic mass is 32.2. The molecular formula is C12H19N5OS. The molecule has 2 fully saturated rings. The second-order valence-corrected chi connectivity index (χ2v) is 6.70. The lowest BCUT2D eigenvalue weighted by Crippen LogP contribution is -2.32. The SMILES string of the molecule is CC(Sc1nnnn1C1CCCC1)C(=O)NC1CC1. The standard InChI is InChI=1S/C12H19N5OS/c1-8(11(18)13-9-6-7-9)19-12-14-15-16-17(12)10-4-2-3-5-10/h8-10H,2-7H2,1H3,(H,13,18). The smallest absolute Gasteiger partial charge is 0.233 e. The van der Waals surface area contributed by atoms with E-state index in [1.165, 1.54) is 24.6 Å². The Hall–Kier alpha value is -1.11. The molecule has 1 atom stereocenters. The molecule has 0 radical (unpaired) electrons. The first-order valence-electron chi connectivity index (χ1n) is 6.99. The summed E-state index contributed by atoms with van der Waals surface area (Å²) in [4.78, 5) is 11.9. The van der Waals surface area contributed by atoms with Crippen molar-refractivity contribution in [1.29, 1.82) is 0 Å². The van der Waals surface area contributed by atoms with Crippen LogP contribution in [0.25, 0.3) is 0 Å². The Morgan fingerprint density at radius 1 is 1.37 bits per heavy atom. The van der Waals surface area contributed by atoms with E-state index in [9.17, 15) is 4.79 Å². The molecule has 2 aliphatic carbocycles. The molecule has 1 aromatic heterocycles. The second kappa shape index (κ2) is 5.48. The van der Waals surface area contributed by atoms with E-state index in [2.05, 4.69) is 20.8 Å². The molecule has 0 aliphatic heterocycles. The van der Waals surface area contributed by atoms with E-state index in [1.807, 2.05) is 11.6 Å². The van der Waals surface area contributed by atoms with E-state index in [-0.39, 0.29) is 11.2 Å². The summed E-state index contributed by atoms with van der Waals surface area (Å²) in [6.07, 6.45) is 6.99. The third kappa shape index (κ3) is 3.08. The van der Waals surface area contributed by atoms with Crippen LogP contribution in [0.15, 0.2) is 5.16 Å². The van der Waals surface area contributed by atoms with E-state index in [4.69, 9.17) is 0 Å². The van der Waals surface area contributed by atoms with Crippen molar-refractivity contribution >= 4 is 17.7 Å². The first-order valence-corrected chi connectivity index (χ1v) is 7.87. The van der Waals surface area contributed by atoms with E-state index >= 15 is 0 Å². The van der Waals surface area contributed by atoms with Crippen LogP contribution in [-0.2, 0) is 4.79 Å². The quantitative estimate of drug-likeness (QED) is 0.829.